The average Bonchev–Trinajstić information content (AvgIpc) is 2.90. The minimum Gasteiger partial charge on any atom is -0.454 e. The second kappa shape index (κ2) is 7.34. The Balaban J connectivity index is 2.25. The van der Waals surface area contributed by atoms with Crippen LogP contribution in [0.4, 0.5) is 5.69 Å². The number of Topliss-reactive ketones (excluding diaryl/α,β-unsaturated/α-hetero) is 1. The van der Waals surface area contributed by atoms with Gasteiger partial charge < -0.3 is 4.74 Å². The van der Waals surface area contributed by atoms with Crippen molar-refractivity contribution < 1.29 is 19.2 Å². The highest BCUT2D eigenvalue weighted by Gasteiger charge is 2.20. The predicted molar refractivity (Wildman–Crippen MR) is 85.0 cm³/mol. The summed E-state index contributed by atoms with van der Waals surface area (Å²) in [4.78, 5) is 37.9. The number of thiazole rings is 1. The van der Waals surface area contributed by atoms with Gasteiger partial charge in [-0.25, -0.2) is 9.78 Å². The second-order valence-corrected chi connectivity index (χ2v) is 6.72. The minimum atomic E-state index is -0.773. The van der Waals surface area contributed by atoms with Crippen molar-refractivity contribution in [3.63, 3.8) is 0 Å². The summed E-state index contributed by atoms with van der Waals surface area (Å²) in [6.07, 6.45) is 0. The molecule has 0 N–H and O–H groups in total. The number of nitro groups is 1. The zero-order valence-electron chi connectivity index (χ0n) is 12.3. The molecule has 0 unspecified atom stereocenters. The van der Waals surface area contributed by atoms with Crippen LogP contribution in [-0.4, -0.2) is 28.3 Å². The van der Waals surface area contributed by atoms with E-state index in [0.29, 0.717) is 9.24 Å². The SMILES string of the molecule is CC(=O)COC(=O)c1ccc(Sc2nc(C)cs2)c([N+](=O)[O-])c1. The van der Waals surface area contributed by atoms with E-state index in [1.807, 2.05) is 12.3 Å². The van der Waals surface area contributed by atoms with Gasteiger partial charge in [0.25, 0.3) is 5.69 Å². The van der Waals surface area contributed by atoms with Gasteiger partial charge in [0.2, 0.25) is 0 Å². The summed E-state index contributed by atoms with van der Waals surface area (Å²) >= 11 is 2.55. The third kappa shape index (κ3) is 4.60. The smallest absolute Gasteiger partial charge is 0.338 e. The molecule has 120 valence electrons. The van der Waals surface area contributed by atoms with Crippen molar-refractivity contribution in [2.45, 2.75) is 23.1 Å². The normalized spacial score (nSPS) is 10.3. The van der Waals surface area contributed by atoms with E-state index < -0.39 is 10.9 Å². The molecule has 7 nitrogen and oxygen atoms in total. The van der Waals surface area contributed by atoms with E-state index in [4.69, 9.17) is 4.74 Å². The summed E-state index contributed by atoms with van der Waals surface area (Å²) in [5.41, 5.74) is 0.655. The predicted octanol–water partition coefficient (Wildman–Crippen LogP) is 3.26. The molecule has 23 heavy (non-hydrogen) atoms. The van der Waals surface area contributed by atoms with Gasteiger partial charge in [0.15, 0.2) is 10.1 Å². The zero-order chi connectivity index (χ0) is 17.0. The van der Waals surface area contributed by atoms with E-state index in [2.05, 4.69) is 4.98 Å². The lowest BCUT2D eigenvalue weighted by atomic mass is 10.2. The van der Waals surface area contributed by atoms with Gasteiger partial charge in [-0.3, -0.25) is 14.9 Å². The van der Waals surface area contributed by atoms with Crippen LogP contribution >= 0.6 is 23.1 Å². The first kappa shape index (κ1) is 17.1. The lowest BCUT2D eigenvalue weighted by molar-refractivity contribution is -0.387. The number of benzene rings is 1. The lowest BCUT2D eigenvalue weighted by Gasteiger charge is -2.05. The number of esters is 1. The van der Waals surface area contributed by atoms with Crippen molar-refractivity contribution in [3.8, 4) is 0 Å². The Labute approximate surface area is 139 Å². The van der Waals surface area contributed by atoms with Crippen molar-refractivity contribution in [2.24, 2.45) is 0 Å². The summed E-state index contributed by atoms with van der Waals surface area (Å²) in [5.74, 6) is -1.08. The summed E-state index contributed by atoms with van der Waals surface area (Å²) < 4.78 is 5.44. The minimum absolute atomic E-state index is 0.0256. The number of carbonyl (C=O) groups is 2. The third-order valence-corrected chi connectivity index (χ3v) is 4.71. The fourth-order valence-corrected chi connectivity index (χ4v) is 3.48. The maximum Gasteiger partial charge on any atom is 0.338 e. The molecule has 0 atom stereocenters. The summed E-state index contributed by atoms with van der Waals surface area (Å²) in [6.45, 7) is 2.76. The highest BCUT2D eigenvalue weighted by molar-refractivity contribution is 8.01. The molecule has 0 amide bonds. The van der Waals surface area contributed by atoms with Gasteiger partial charge in [-0.15, -0.1) is 11.3 Å². The number of rotatable bonds is 6. The molecule has 0 saturated carbocycles. The molecule has 2 rings (SSSR count). The van der Waals surface area contributed by atoms with Crippen LogP contribution in [0.25, 0.3) is 0 Å². The lowest BCUT2D eigenvalue weighted by Crippen LogP contribution is -2.11. The number of carbonyl (C=O) groups excluding carboxylic acids is 2. The van der Waals surface area contributed by atoms with Crippen molar-refractivity contribution in [1.82, 2.24) is 4.98 Å². The molecule has 0 saturated heterocycles. The number of nitro benzene ring substituents is 1. The molecule has 1 aromatic heterocycles. The standard InChI is InChI=1S/C14H12N2O5S2/c1-8-7-22-14(15-8)23-12-4-3-10(5-11(12)16(19)20)13(18)21-6-9(2)17/h3-5,7H,6H2,1-2H3. The fourth-order valence-electron chi connectivity index (χ4n) is 1.60. The summed E-state index contributed by atoms with van der Waals surface area (Å²) in [5, 5.41) is 13.1. The fraction of sp³-hybridized carbons (Fsp3) is 0.214. The number of aryl methyl sites for hydroxylation is 1. The Morgan fingerprint density at radius 1 is 1.43 bits per heavy atom. The van der Waals surface area contributed by atoms with E-state index >= 15 is 0 Å². The van der Waals surface area contributed by atoms with Gasteiger partial charge in [-0.05, 0) is 26.0 Å². The molecule has 2 aromatic rings. The highest BCUT2D eigenvalue weighted by Crippen LogP contribution is 2.36. The summed E-state index contributed by atoms with van der Waals surface area (Å²) in [7, 11) is 0. The number of aromatic nitrogens is 1. The molecule has 0 radical (unpaired) electrons. The van der Waals surface area contributed by atoms with Crippen LogP contribution in [0.1, 0.15) is 23.0 Å². The number of hydrogen-bond donors (Lipinski definition) is 0. The van der Waals surface area contributed by atoms with Crippen LogP contribution in [0.2, 0.25) is 0 Å². The maximum atomic E-state index is 11.8. The Hall–Kier alpha value is -2.26. The Morgan fingerprint density at radius 2 is 2.17 bits per heavy atom. The molecule has 0 spiro atoms. The molecule has 0 fully saturated rings. The van der Waals surface area contributed by atoms with Crippen molar-refractivity contribution in [2.75, 3.05) is 6.61 Å². The third-order valence-electron chi connectivity index (χ3n) is 2.59. The Kier molecular flexibility index (Phi) is 5.45. The van der Waals surface area contributed by atoms with Crippen LogP contribution in [0.15, 0.2) is 32.8 Å². The molecule has 1 aromatic carbocycles. The van der Waals surface area contributed by atoms with E-state index in [-0.39, 0.29) is 23.6 Å². The monoisotopic (exact) mass is 352 g/mol. The van der Waals surface area contributed by atoms with Crippen LogP contribution in [0.5, 0.6) is 0 Å². The van der Waals surface area contributed by atoms with Crippen LogP contribution in [0, 0.1) is 17.0 Å². The first-order valence-corrected chi connectivity index (χ1v) is 8.11. The largest absolute Gasteiger partial charge is 0.454 e. The van der Waals surface area contributed by atoms with Gasteiger partial charge >= 0.3 is 5.97 Å². The van der Waals surface area contributed by atoms with E-state index in [1.165, 1.54) is 30.4 Å². The number of nitrogens with zero attached hydrogens (tertiary/aromatic N) is 2. The van der Waals surface area contributed by atoms with Gasteiger partial charge in [0.05, 0.1) is 15.4 Å². The van der Waals surface area contributed by atoms with Gasteiger partial charge in [-0.1, -0.05) is 11.8 Å². The number of hydrogen-bond acceptors (Lipinski definition) is 8. The molecular formula is C14H12N2O5S2. The van der Waals surface area contributed by atoms with Crippen molar-refractivity contribution in [1.29, 1.82) is 0 Å². The topological polar surface area (TPSA) is 99.4 Å². The zero-order valence-corrected chi connectivity index (χ0v) is 13.9. The molecular weight excluding hydrogens is 340 g/mol. The van der Waals surface area contributed by atoms with Gasteiger partial charge in [-0.2, -0.15) is 0 Å². The van der Waals surface area contributed by atoms with Crippen molar-refractivity contribution >= 4 is 40.5 Å². The molecule has 0 aliphatic heterocycles. The first-order valence-electron chi connectivity index (χ1n) is 6.42. The van der Waals surface area contributed by atoms with Crippen LogP contribution in [0.3, 0.4) is 0 Å². The van der Waals surface area contributed by atoms with Crippen LogP contribution < -0.4 is 0 Å². The van der Waals surface area contributed by atoms with Gasteiger partial charge in [0, 0.05) is 17.1 Å². The quantitative estimate of drug-likeness (QED) is 0.447. The molecule has 1 heterocycles. The van der Waals surface area contributed by atoms with E-state index in [9.17, 15) is 19.7 Å². The number of ketones is 1. The second-order valence-electron chi connectivity index (χ2n) is 4.57. The van der Waals surface area contributed by atoms with E-state index in [1.54, 1.807) is 0 Å². The van der Waals surface area contributed by atoms with E-state index in [0.717, 1.165) is 23.5 Å². The molecule has 0 bridgehead atoms. The Bertz CT molecular complexity index is 772. The highest BCUT2D eigenvalue weighted by atomic mass is 32.2. The molecule has 9 heteroatoms. The summed E-state index contributed by atoms with van der Waals surface area (Å²) in [6, 6.07) is 4.05. The van der Waals surface area contributed by atoms with Crippen molar-refractivity contribution in [3.05, 3.63) is 45.0 Å². The molecule has 0 aliphatic rings. The van der Waals surface area contributed by atoms with Crippen LogP contribution in [-0.2, 0) is 9.53 Å². The van der Waals surface area contributed by atoms with Gasteiger partial charge in [0.1, 0.15) is 6.61 Å². The Morgan fingerprint density at radius 3 is 2.74 bits per heavy atom. The number of ether oxygens (including phenoxy) is 1. The maximum absolute atomic E-state index is 11.8. The first-order chi connectivity index (χ1) is 10.9. The average molecular weight is 352 g/mol. The molecule has 0 aliphatic carbocycles.